The van der Waals surface area contributed by atoms with Crippen molar-refractivity contribution in [1.29, 1.82) is 0 Å². The van der Waals surface area contributed by atoms with Gasteiger partial charge in [0.15, 0.2) is 0 Å². The smallest absolute Gasteiger partial charge is 0.112 e. The lowest BCUT2D eigenvalue weighted by atomic mass is 10.3. The van der Waals surface area contributed by atoms with Crippen LogP contribution in [0.15, 0.2) is 8.96 Å². The molecular formula is C10H20Br2N+. The van der Waals surface area contributed by atoms with Gasteiger partial charge in [0.1, 0.15) is 6.54 Å². The molecule has 0 saturated heterocycles. The molecule has 0 amide bonds. The Morgan fingerprint density at radius 2 is 1.38 bits per heavy atom. The molecule has 0 spiro atoms. The van der Waals surface area contributed by atoms with E-state index in [0.717, 1.165) is 11.0 Å². The van der Waals surface area contributed by atoms with Gasteiger partial charge < -0.3 is 4.48 Å². The first kappa shape index (κ1) is 13.7. The van der Waals surface area contributed by atoms with Crippen LogP contribution in [-0.2, 0) is 0 Å². The summed E-state index contributed by atoms with van der Waals surface area (Å²) in [6.45, 7) is 13.6. The third kappa shape index (κ3) is 4.13. The fraction of sp³-hybridized carbons (Fsp3) is 0.800. The lowest BCUT2D eigenvalue weighted by molar-refractivity contribution is -0.918. The Morgan fingerprint density at radius 3 is 1.62 bits per heavy atom. The van der Waals surface area contributed by atoms with E-state index in [1.54, 1.807) is 0 Å². The van der Waals surface area contributed by atoms with Gasteiger partial charge in [-0.05, 0) is 43.6 Å². The SMILES string of the molecule is CC[N+](CC)(CC)C/C(Br)=C(/C)Br. The molecule has 0 fully saturated rings. The Kier molecular flexibility index (Phi) is 6.52. The van der Waals surface area contributed by atoms with E-state index < -0.39 is 0 Å². The van der Waals surface area contributed by atoms with Crippen LogP contribution in [0, 0.1) is 0 Å². The largest absolute Gasteiger partial charge is 0.320 e. The van der Waals surface area contributed by atoms with Crippen molar-refractivity contribution in [1.82, 2.24) is 0 Å². The molecule has 0 unspecified atom stereocenters. The second-order valence-corrected chi connectivity index (χ2v) is 5.53. The summed E-state index contributed by atoms with van der Waals surface area (Å²) in [5.74, 6) is 0. The number of hydrogen-bond acceptors (Lipinski definition) is 0. The van der Waals surface area contributed by atoms with Crippen molar-refractivity contribution >= 4 is 31.9 Å². The number of likely N-dealkylation sites (N-methyl/N-ethyl adjacent to an activating group) is 1. The van der Waals surface area contributed by atoms with Gasteiger partial charge in [-0.15, -0.1) is 0 Å². The third-order valence-corrected chi connectivity index (χ3v) is 4.72. The molecule has 78 valence electrons. The highest BCUT2D eigenvalue weighted by molar-refractivity contribution is 9.14. The first-order valence-electron chi connectivity index (χ1n) is 4.87. The van der Waals surface area contributed by atoms with Gasteiger partial charge in [0.05, 0.1) is 24.1 Å². The zero-order valence-electron chi connectivity index (χ0n) is 9.03. The Morgan fingerprint density at radius 1 is 1.00 bits per heavy atom. The summed E-state index contributed by atoms with van der Waals surface area (Å²) >= 11 is 7.12. The number of rotatable bonds is 5. The maximum atomic E-state index is 3.62. The maximum absolute atomic E-state index is 3.62. The molecule has 0 bridgehead atoms. The van der Waals surface area contributed by atoms with Gasteiger partial charge in [0, 0.05) is 4.48 Å². The summed E-state index contributed by atoms with van der Waals surface area (Å²) in [4.78, 5) is 0. The first-order chi connectivity index (χ1) is 6.01. The molecule has 0 atom stereocenters. The number of halogens is 2. The van der Waals surface area contributed by atoms with Gasteiger partial charge in [0.25, 0.3) is 0 Å². The minimum absolute atomic E-state index is 1.10. The predicted molar refractivity (Wildman–Crippen MR) is 67.3 cm³/mol. The van der Waals surface area contributed by atoms with Gasteiger partial charge in [-0.25, -0.2) is 0 Å². The van der Waals surface area contributed by atoms with Gasteiger partial charge in [0.2, 0.25) is 0 Å². The molecule has 0 aromatic heterocycles. The van der Waals surface area contributed by atoms with E-state index in [4.69, 9.17) is 0 Å². The van der Waals surface area contributed by atoms with E-state index in [1.807, 2.05) is 0 Å². The van der Waals surface area contributed by atoms with Crippen molar-refractivity contribution in [3.05, 3.63) is 8.96 Å². The zero-order valence-corrected chi connectivity index (χ0v) is 12.2. The Hall–Kier alpha value is 0.660. The molecule has 0 N–H and O–H groups in total. The van der Waals surface area contributed by atoms with Gasteiger partial charge in [-0.1, -0.05) is 15.9 Å². The summed E-state index contributed by atoms with van der Waals surface area (Å²) in [5.41, 5.74) is 0. The highest BCUT2D eigenvalue weighted by atomic mass is 79.9. The standard InChI is InChI=1S/C10H20Br2N/c1-5-13(6-2,7-3)8-10(12)9(4)11/h5-8H2,1-4H3/q+1/b10-9+. The monoisotopic (exact) mass is 312 g/mol. The van der Waals surface area contributed by atoms with Crippen molar-refractivity contribution in [3.63, 3.8) is 0 Å². The molecule has 0 aliphatic heterocycles. The molecular weight excluding hydrogens is 294 g/mol. The molecule has 13 heavy (non-hydrogen) atoms. The van der Waals surface area contributed by atoms with Crippen LogP contribution in [0.5, 0.6) is 0 Å². The van der Waals surface area contributed by atoms with Crippen LogP contribution in [-0.4, -0.2) is 30.7 Å². The molecule has 0 aliphatic rings. The van der Waals surface area contributed by atoms with Gasteiger partial charge in [-0.2, -0.15) is 0 Å². The average molecular weight is 314 g/mol. The quantitative estimate of drug-likeness (QED) is 0.676. The van der Waals surface area contributed by atoms with E-state index in [0.29, 0.717) is 0 Å². The van der Waals surface area contributed by atoms with Gasteiger partial charge >= 0.3 is 0 Å². The molecule has 0 radical (unpaired) electrons. The topological polar surface area (TPSA) is 0 Å². The predicted octanol–water partition coefficient (Wildman–Crippen LogP) is 3.88. The maximum Gasteiger partial charge on any atom is 0.112 e. The summed E-state index contributed by atoms with van der Waals surface area (Å²) in [7, 11) is 0. The highest BCUT2D eigenvalue weighted by Gasteiger charge is 2.21. The van der Waals surface area contributed by atoms with E-state index >= 15 is 0 Å². The summed E-state index contributed by atoms with van der Waals surface area (Å²) < 4.78 is 3.66. The average Bonchev–Trinajstić information content (AvgIpc) is 2.14. The zero-order chi connectivity index (χ0) is 10.5. The molecule has 1 nitrogen and oxygen atoms in total. The second kappa shape index (κ2) is 6.20. The Balaban J connectivity index is 4.52. The van der Waals surface area contributed by atoms with Gasteiger partial charge in [-0.3, -0.25) is 0 Å². The lowest BCUT2D eigenvalue weighted by Crippen LogP contribution is -2.48. The van der Waals surface area contributed by atoms with Crippen LogP contribution >= 0.6 is 31.9 Å². The minimum Gasteiger partial charge on any atom is -0.320 e. The van der Waals surface area contributed by atoms with Crippen LogP contribution in [0.25, 0.3) is 0 Å². The Labute approximate surface area is 99.0 Å². The molecule has 3 heteroatoms. The number of hydrogen-bond donors (Lipinski definition) is 0. The van der Waals surface area contributed by atoms with Crippen LogP contribution in [0.4, 0.5) is 0 Å². The molecule has 0 rings (SSSR count). The van der Waals surface area contributed by atoms with E-state index in [-0.39, 0.29) is 0 Å². The molecule has 0 saturated carbocycles. The van der Waals surface area contributed by atoms with Crippen molar-refractivity contribution < 1.29 is 4.48 Å². The van der Waals surface area contributed by atoms with Crippen LogP contribution in [0.3, 0.4) is 0 Å². The fourth-order valence-corrected chi connectivity index (χ4v) is 2.07. The number of quaternary nitrogens is 1. The number of allylic oxidation sites excluding steroid dienone is 1. The minimum atomic E-state index is 1.10. The second-order valence-electron chi connectivity index (χ2n) is 3.39. The summed E-state index contributed by atoms with van der Waals surface area (Å²) in [6.07, 6.45) is 0. The van der Waals surface area contributed by atoms with Crippen LogP contribution in [0.2, 0.25) is 0 Å². The molecule has 0 aromatic carbocycles. The van der Waals surface area contributed by atoms with Crippen LogP contribution < -0.4 is 0 Å². The third-order valence-electron chi connectivity index (χ3n) is 2.86. The van der Waals surface area contributed by atoms with Crippen molar-refractivity contribution in [3.8, 4) is 0 Å². The fourth-order valence-electron chi connectivity index (χ4n) is 1.41. The normalized spacial score (nSPS) is 14.3. The lowest BCUT2D eigenvalue weighted by Gasteiger charge is -2.35. The Bertz CT molecular complexity index is 171. The van der Waals surface area contributed by atoms with Crippen LogP contribution in [0.1, 0.15) is 27.7 Å². The summed E-state index contributed by atoms with van der Waals surface area (Å²) in [5, 5.41) is 0. The van der Waals surface area contributed by atoms with E-state index in [1.165, 1.54) is 28.6 Å². The van der Waals surface area contributed by atoms with Crippen molar-refractivity contribution in [2.24, 2.45) is 0 Å². The van der Waals surface area contributed by atoms with Crippen molar-refractivity contribution in [2.45, 2.75) is 27.7 Å². The summed E-state index contributed by atoms with van der Waals surface area (Å²) in [6, 6.07) is 0. The van der Waals surface area contributed by atoms with E-state index in [9.17, 15) is 0 Å². The van der Waals surface area contributed by atoms with E-state index in [2.05, 4.69) is 59.6 Å². The highest BCUT2D eigenvalue weighted by Crippen LogP contribution is 2.21. The number of nitrogens with zero attached hydrogens (tertiary/aromatic N) is 1. The molecule has 0 heterocycles. The molecule has 0 aliphatic carbocycles. The molecule has 0 aromatic rings. The van der Waals surface area contributed by atoms with Crippen molar-refractivity contribution in [2.75, 3.05) is 26.2 Å². The first-order valence-corrected chi connectivity index (χ1v) is 6.45.